The minimum atomic E-state index is -0.0917. The molecule has 1 aliphatic rings. The summed E-state index contributed by atoms with van der Waals surface area (Å²) in [5.74, 6) is 2.06. The first-order valence-corrected chi connectivity index (χ1v) is 10.4. The van der Waals surface area contributed by atoms with Crippen LogP contribution >= 0.6 is 0 Å². The number of amides is 1. The van der Waals surface area contributed by atoms with Crippen LogP contribution in [0.25, 0.3) is 10.9 Å². The maximum absolute atomic E-state index is 12.5. The van der Waals surface area contributed by atoms with E-state index in [-0.39, 0.29) is 12.3 Å². The van der Waals surface area contributed by atoms with Gasteiger partial charge in [0.1, 0.15) is 5.75 Å². The average molecular weight is 413 g/mol. The number of ether oxygens (including phenoxy) is 1. The molecule has 7 nitrogen and oxygen atoms in total. The lowest BCUT2D eigenvalue weighted by atomic mass is 9.71. The molecule has 0 unspecified atom stereocenters. The highest BCUT2D eigenvalue weighted by molar-refractivity contribution is 5.92. The monoisotopic (exact) mass is 413 g/mol. The standard InChI is InChI=1S/C24H23N5O2/c1-31-21-5-3-9-26-24(21)18-12-17(13-18)20-14-22(29-28-20)27-23(30)11-15-6-7-19-16(10-15)4-2-8-25-19/h2-10,14,17-18H,11-13H2,1H3,(H2,27,28,29,30)/t17-,18+. The van der Waals surface area contributed by atoms with E-state index in [1.807, 2.05) is 48.5 Å². The average Bonchev–Trinajstić information content (AvgIpc) is 3.20. The fourth-order valence-electron chi connectivity index (χ4n) is 4.19. The summed E-state index contributed by atoms with van der Waals surface area (Å²) in [6, 6.07) is 15.5. The van der Waals surface area contributed by atoms with Crippen molar-refractivity contribution in [2.24, 2.45) is 0 Å². The molecule has 5 rings (SSSR count). The smallest absolute Gasteiger partial charge is 0.229 e. The molecule has 0 atom stereocenters. The lowest BCUT2D eigenvalue weighted by Gasteiger charge is -2.34. The minimum Gasteiger partial charge on any atom is -0.495 e. The minimum absolute atomic E-state index is 0.0917. The number of fused-ring (bicyclic) bond motifs is 1. The highest BCUT2D eigenvalue weighted by Gasteiger charge is 2.35. The molecule has 0 saturated heterocycles. The van der Waals surface area contributed by atoms with Crippen LogP contribution < -0.4 is 10.1 Å². The van der Waals surface area contributed by atoms with Gasteiger partial charge in [0.05, 0.1) is 24.7 Å². The fourth-order valence-corrected chi connectivity index (χ4v) is 4.19. The van der Waals surface area contributed by atoms with Crippen molar-refractivity contribution in [3.63, 3.8) is 0 Å². The molecule has 0 radical (unpaired) electrons. The third-order valence-corrected chi connectivity index (χ3v) is 5.88. The molecule has 0 spiro atoms. The summed E-state index contributed by atoms with van der Waals surface area (Å²) in [6.07, 6.45) is 5.82. The van der Waals surface area contributed by atoms with E-state index in [1.165, 1.54) is 0 Å². The zero-order chi connectivity index (χ0) is 21.2. The number of hydrogen-bond donors (Lipinski definition) is 2. The SMILES string of the molecule is COc1cccnc1[C@H]1C[C@@H](c2cc(NC(=O)Cc3ccc4ncccc4c3)n[nH]2)C1. The van der Waals surface area contributed by atoms with Crippen molar-refractivity contribution < 1.29 is 9.53 Å². The number of benzene rings is 1. The number of rotatable bonds is 6. The molecule has 1 aliphatic carbocycles. The molecule has 156 valence electrons. The van der Waals surface area contributed by atoms with Crippen molar-refractivity contribution in [2.45, 2.75) is 31.1 Å². The van der Waals surface area contributed by atoms with E-state index in [0.717, 1.165) is 46.4 Å². The lowest BCUT2D eigenvalue weighted by molar-refractivity contribution is -0.115. The number of carbonyl (C=O) groups excluding carboxylic acids is 1. The molecule has 31 heavy (non-hydrogen) atoms. The number of aromatic nitrogens is 4. The molecule has 1 fully saturated rings. The Morgan fingerprint density at radius 1 is 1.10 bits per heavy atom. The predicted octanol–water partition coefficient (Wildman–Crippen LogP) is 4.20. The van der Waals surface area contributed by atoms with E-state index in [4.69, 9.17) is 4.74 Å². The van der Waals surface area contributed by atoms with Gasteiger partial charge in [-0.25, -0.2) is 0 Å². The van der Waals surface area contributed by atoms with Gasteiger partial charge < -0.3 is 10.1 Å². The molecule has 1 aromatic carbocycles. The molecule has 7 heteroatoms. The number of anilines is 1. The molecular weight excluding hydrogens is 390 g/mol. The summed E-state index contributed by atoms with van der Waals surface area (Å²) >= 11 is 0. The van der Waals surface area contributed by atoms with Gasteiger partial charge in [0, 0.05) is 41.4 Å². The van der Waals surface area contributed by atoms with Crippen LogP contribution in [0.15, 0.2) is 60.9 Å². The Bertz CT molecular complexity index is 1230. The molecule has 3 heterocycles. The molecule has 0 aliphatic heterocycles. The number of hydrogen-bond acceptors (Lipinski definition) is 5. The zero-order valence-corrected chi connectivity index (χ0v) is 17.2. The Labute approximate surface area is 179 Å². The summed E-state index contributed by atoms with van der Waals surface area (Å²) in [5, 5.41) is 11.3. The van der Waals surface area contributed by atoms with E-state index in [2.05, 4.69) is 25.5 Å². The summed E-state index contributed by atoms with van der Waals surface area (Å²) in [7, 11) is 1.68. The zero-order valence-electron chi connectivity index (χ0n) is 17.2. The Morgan fingerprint density at radius 2 is 1.94 bits per heavy atom. The molecule has 1 amide bonds. The summed E-state index contributed by atoms with van der Waals surface area (Å²) in [4.78, 5) is 21.3. The van der Waals surface area contributed by atoms with E-state index < -0.39 is 0 Å². The fraction of sp³-hybridized carbons (Fsp3) is 0.250. The van der Waals surface area contributed by atoms with Crippen LogP contribution in [0, 0.1) is 0 Å². The van der Waals surface area contributed by atoms with Crippen LogP contribution in [0.5, 0.6) is 5.75 Å². The second kappa shape index (κ2) is 8.18. The van der Waals surface area contributed by atoms with Crippen molar-refractivity contribution in [3.8, 4) is 5.75 Å². The largest absolute Gasteiger partial charge is 0.495 e. The van der Waals surface area contributed by atoms with Crippen LogP contribution in [0.1, 0.15) is 41.6 Å². The van der Waals surface area contributed by atoms with Crippen molar-refractivity contribution in [3.05, 3.63) is 77.9 Å². The third kappa shape index (κ3) is 3.99. The van der Waals surface area contributed by atoms with Crippen molar-refractivity contribution in [1.29, 1.82) is 0 Å². The number of H-pyrrole nitrogens is 1. The van der Waals surface area contributed by atoms with Gasteiger partial charge in [-0.05, 0) is 48.7 Å². The van der Waals surface area contributed by atoms with Gasteiger partial charge in [-0.3, -0.25) is 19.9 Å². The normalized spacial score (nSPS) is 17.8. The van der Waals surface area contributed by atoms with Gasteiger partial charge in [0.15, 0.2) is 5.82 Å². The molecule has 2 N–H and O–H groups in total. The Kier molecular flexibility index (Phi) is 5.08. The number of methoxy groups -OCH3 is 1. The molecular formula is C24H23N5O2. The highest BCUT2D eigenvalue weighted by atomic mass is 16.5. The van der Waals surface area contributed by atoms with Crippen molar-refractivity contribution in [1.82, 2.24) is 20.2 Å². The first-order valence-electron chi connectivity index (χ1n) is 10.4. The van der Waals surface area contributed by atoms with Gasteiger partial charge in [-0.2, -0.15) is 5.10 Å². The molecule has 1 saturated carbocycles. The third-order valence-electron chi connectivity index (χ3n) is 5.88. The van der Waals surface area contributed by atoms with Crippen molar-refractivity contribution in [2.75, 3.05) is 12.4 Å². The number of pyridine rings is 2. The van der Waals surface area contributed by atoms with Crippen LogP contribution in [0.2, 0.25) is 0 Å². The first kappa shape index (κ1) is 19.2. The van der Waals surface area contributed by atoms with Gasteiger partial charge in [-0.15, -0.1) is 0 Å². The van der Waals surface area contributed by atoms with Crippen LogP contribution in [-0.2, 0) is 11.2 Å². The van der Waals surface area contributed by atoms with Crippen molar-refractivity contribution >= 4 is 22.6 Å². The van der Waals surface area contributed by atoms with Gasteiger partial charge in [0.25, 0.3) is 0 Å². The summed E-state index contributed by atoms with van der Waals surface area (Å²) in [5.41, 5.74) is 3.92. The van der Waals surface area contributed by atoms with Crippen LogP contribution in [0.3, 0.4) is 0 Å². The summed E-state index contributed by atoms with van der Waals surface area (Å²) in [6.45, 7) is 0. The number of aromatic amines is 1. The van der Waals surface area contributed by atoms with Crippen LogP contribution in [0.4, 0.5) is 5.82 Å². The maximum atomic E-state index is 12.5. The van der Waals surface area contributed by atoms with E-state index in [1.54, 1.807) is 19.5 Å². The highest BCUT2D eigenvalue weighted by Crippen LogP contribution is 2.48. The van der Waals surface area contributed by atoms with Gasteiger partial charge in [-0.1, -0.05) is 12.1 Å². The quantitative estimate of drug-likeness (QED) is 0.494. The topological polar surface area (TPSA) is 92.8 Å². The predicted molar refractivity (Wildman–Crippen MR) is 118 cm³/mol. The Hall–Kier alpha value is -3.74. The summed E-state index contributed by atoms with van der Waals surface area (Å²) < 4.78 is 5.43. The Morgan fingerprint density at radius 3 is 2.81 bits per heavy atom. The van der Waals surface area contributed by atoms with E-state index >= 15 is 0 Å². The second-order valence-electron chi connectivity index (χ2n) is 7.92. The number of nitrogens with zero attached hydrogens (tertiary/aromatic N) is 3. The number of nitrogens with one attached hydrogen (secondary N) is 2. The van der Waals surface area contributed by atoms with Crippen LogP contribution in [-0.4, -0.2) is 33.2 Å². The second-order valence-corrected chi connectivity index (χ2v) is 7.92. The van der Waals surface area contributed by atoms with E-state index in [0.29, 0.717) is 17.7 Å². The van der Waals surface area contributed by atoms with Gasteiger partial charge >= 0.3 is 0 Å². The molecule has 3 aromatic heterocycles. The molecule has 0 bridgehead atoms. The maximum Gasteiger partial charge on any atom is 0.229 e. The van der Waals surface area contributed by atoms with Gasteiger partial charge in [0.2, 0.25) is 5.91 Å². The first-order chi connectivity index (χ1) is 15.2. The molecule has 4 aromatic rings. The Balaban J connectivity index is 1.19. The number of carbonyl (C=O) groups is 1. The van der Waals surface area contributed by atoms with E-state index in [9.17, 15) is 4.79 Å². The lowest BCUT2D eigenvalue weighted by Crippen LogP contribution is -2.21.